The lowest BCUT2D eigenvalue weighted by Crippen LogP contribution is -2.04. The van der Waals surface area contributed by atoms with Crippen molar-refractivity contribution in [2.45, 2.75) is 46.0 Å². The molecule has 84 valence electrons. The zero-order valence-electron chi connectivity index (χ0n) is 10.0. The lowest BCUT2D eigenvalue weighted by Gasteiger charge is -2.21. The van der Waals surface area contributed by atoms with Crippen LogP contribution < -0.4 is 0 Å². The lowest BCUT2D eigenvalue weighted by atomic mass is 9.88. The Kier molecular flexibility index (Phi) is 5.23. The minimum absolute atomic E-state index is 0.793. The molecule has 0 heterocycles. The highest BCUT2D eigenvalue weighted by atomic mass is 16.5. The monoisotopic (exact) mass is 206 g/mol. The second kappa shape index (κ2) is 6.49. The fourth-order valence-electron chi connectivity index (χ4n) is 2.01. The van der Waals surface area contributed by atoms with Gasteiger partial charge in [-0.1, -0.05) is 19.6 Å². The van der Waals surface area contributed by atoms with Gasteiger partial charge in [-0.05, 0) is 56.3 Å². The molecule has 0 aromatic rings. The minimum atomic E-state index is 0.793. The summed E-state index contributed by atoms with van der Waals surface area (Å²) in [5, 5.41) is 0. The van der Waals surface area contributed by atoms with Gasteiger partial charge in [0.25, 0.3) is 0 Å². The molecule has 0 aliphatic heterocycles. The van der Waals surface area contributed by atoms with Crippen LogP contribution in [0.5, 0.6) is 0 Å². The zero-order valence-corrected chi connectivity index (χ0v) is 10.0. The minimum Gasteiger partial charge on any atom is -0.493 e. The van der Waals surface area contributed by atoms with Gasteiger partial charge in [0.15, 0.2) is 0 Å². The van der Waals surface area contributed by atoms with Crippen LogP contribution >= 0.6 is 0 Å². The first kappa shape index (κ1) is 12.1. The molecular weight excluding hydrogens is 184 g/mol. The molecular formula is C14H22O. The normalized spacial score (nSPS) is 22.7. The Labute approximate surface area is 93.5 Å². The molecule has 0 aromatic heterocycles. The Bertz CT molecular complexity index is 271. The van der Waals surface area contributed by atoms with E-state index in [0.717, 1.165) is 25.2 Å². The number of hydrogen-bond acceptors (Lipinski definition) is 1. The topological polar surface area (TPSA) is 9.23 Å². The van der Waals surface area contributed by atoms with Gasteiger partial charge in [0.1, 0.15) is 5.76 Å². The Morgan fingerprint density at radius 2 is 2.13 bits per heavy atom. The number of allylic oxidation sites excluding steroid dienone is 4. The molecule has 0 saturated heterocycles. The summed E-state index contributed by atoms with van der Waals surface area (Å²) in [4.78, 5) is 0. The molecule has 1 aliphatic carbocycles. The smallest absolute Gasteiger partial charge is 0.122 e. The lowest BCUT2D eigenvalue weighted by molar-refractivity contribution is 0.220. The molecule has 0 N–H and O–H groups in total. The van der Waals surface area contributed by atoms with Gasteiger partial charge in [0, 0.05) is 0 Å². The summed E-state index contributed by atoms with van der Waals surface area (Å²) in [7, 11) is 0. The highest BCUT2D eigenvalue weighted by molar-refractivity contribution is 5.38. The van der Waals surface area contributed by atoms with Crippen molar-refractivity contribution >= 4 is 0 Å². The summed E-state index contributed by atoms with van der Waals surface area (Å²) in [6.45, 7) is 8.88. The molecule has 1 fully saturated rings. The zero-order chi connectivity index (χ0) is 11.1. The number of ether oxygens (including phenoxy) is 1. The fraction of sp³-hybridized carbons (Fsp3) is 0.571. The first-order valence-corrected chi connectivity index (χ1v) is 5.97. The average Bonchev–Trinajstić information content (AvgIpc) is 2.30. The van der Waals surface area contributed by atoms with E-state index in [9.17, 15) is 0 Å². The molecule has 1 heteroatoms. The van der Waals surface area contributed by atoms with Crippen molar-refractivity contribution in [3.63, 3.8) is 0 Å². The van der Waals surface area contributed by atoms with E-state index in [1.165, 1.54) is 30.4 Å². The van der Waals surface area contributed by atoms with E-state index in [1.807, 2.05) is 6.08 Å². The van der Waals surface area contributed by atoms with Crippen molar-refractivity contribution in [1.29, 1.82) is 0 Å². The summed E-state index contributed by atoms with van der Waals surface area (Å²) in [5.41, 5.74) is 2.83. The van der Waals surface area contributed by atoms with Gasteiger partial charge in [0.2, 0.25) is 0 Å². The predicted octanol–water partition coefficient (Wildman–Crippen LogP) is 4.37. The highest BCUT2D eigenvalue weighted by Crippen LogP contribution is 2.31. The Hall–Kier alpha value is -0.980. The number of hydrogen-bond donors (Lipinski definition) is 0. The van der Waals surface area contributed by atoms with Gasteiger partial charge >= 0.3 is 0 Å². The van der Waals surface area contributed by atoms with E-state index in [-0.39, 0.29) is 0 Å². The first-order valence-electron chi connectivity index (χ1n) is 5.97. The largest absolute Gasteiger partial charge is 0.493 e. The van der Waals surface area contributed by atoms with Crippen LogP contribution in [-0.4, -0.2) is 6.61 Å². The summed E-state index contributed by atoms with van der Waals surface area (Å²) >= 11 is 0. The van der Waals surface area contributed by atoms with E-state index in [2.05, 4.69) is 26.5 Å². The standard InChI is InChI=1S/C14H22O/c1-4-11-15-14(6-3)13-10-8-7-9-12(13)5-2/h5-6H,3-4,7-11H2,1-2H3/b12-5-,14-13+. The Morgan fingerprint density at radius 3 is 2.73 bits per heavy atom. The van der Waals surface area contributed by atoms with Gasteiger partial charge in [-0.25, -0.2) is 0 Å². The molecule has 0 aromatic carbocycles. The molecule has 15 heavy (non-hydrogen) atoms. The molecule has 1 aliphatic rings. The van der Waals surface area contributed by atoms with Crippen LogP contribution in [0.1, 0.15) is 46.0 Å². The van der Waals surface area contributed by atoms with Gasteiger partial charge in [-0.15, -0.1) is 0 Å². The van der Waals surface area contributed by atoms with Crippen LogP contribution in [0.15, 0.2) is 35.6 Å². The van der Waals surface area contributed by atoms with Crippen LogP contribution in [0.2, 0.25) is 0 Å². The van der Waals surface area contributed by atoms with Gasteiger partial charge in [-0.3, -0.25) is 0 Å². The van der Waals surface area contributed by atoms with E-state index < -0.39 is 0 Å². The van der Waals surface area contributed by atoms with E-state index in [0.29, 0.717) is 0 Å². The molecule has 1 rings (SSSR count). The van der Waals surface area contributed by atoms with Crippen molar-refractivity contribution in [2.24, 2.45) is 0 Å². The third-order valence-electron chi connectivity index (χ3n) is 2.80. The molecule has 0 radical (unpaired) electrons. The van der Waals surface area contributed by atoms with Crippen LogP contribution in [0.3, 0.4) is 0 Å². The van der Waals surface area contributed by atoms with Crippen LogP contribution in [0, 0.1) is 0 Å². The second-order valence-corrected chi connectivity index (χ2v) is 3.92. The second-order valence-electron chi connectivity index (χ2n) is 3.92. The van der Waals surface area contributed by atoms with Crippen molar-refractivity contribution in [2.75, 3.05) is 6.61 Å². The predicted molar refractivity (Wildman–Crippen MR) is 65.7 cm³/mol. The summed E-state index contributed by atoms with van der Waals surface area (Å²) in [5.74, 6) is 1.00. The number of rotatable bonds is 4. The van der Waals surface area contributed by atoms with E-state index >= 15 is 0 Å². The van der Waals surface area contributed by atoms with Crippen LogP contribution in [0.4, 0.5) is 0 Å². The Morgan fingerprint density at radius 1 is 1.40 bits per heavy atom. The maximum Gasteiger partial charge on any atom is 0.122 e. The maximum atomic E-state index is 5.73. The molecule has 0 atom stereocenters. The maximum absolute atomic E-state index is 5.73. The molecule has 0 amide bonds. The third kappa shape index (κ3) is 3.26. The Balaban J connectivity index is 2.84. The van der Waals surface area contributed by atoms with Crippen molar-refractivity contribution in [3.8, 4) is 0 Å². The summed E-state index contributed by atoms with van der Waals surface area (Å²) < 4.78 is 5.73. The average molecular weight is 206 g/mol. The highest BCUT2D eigenvalue weighted by Gasteiger charge is 2.14. The SMILES string of the molecule is C=C/C(OCCC)=C1/CCCC/C1=C/C. The quantitative estimate of drug-likeness (QED) is 0.620. The first-order chi connectivity index (χ1) is 7.33. The van der Waals surface area contributed by atoms with Crippen LogP contribution in [-0.2, 0) is 4.74 Å². The third-order valence-corrected chi connectivity index (χ3v) is 2.80. The summed E-state index contributed by atoms with van der Waals surface area (Å²) in [6, 6.07) is 0. The van der Waals surface area contributed by atoms with Crippen molar-refractivity contribution in [3.05, 3.63) is 35.6 Å². The van der Waals surface area contributed by atoms with Crippen molar-refractivity contribution < 1.29 is 4.74 Å². The van der Waals surface area contributed by atoms with Gasteiger partial charge in [-0.2, -0.15) is 0 Å². The van der Waals surface area contributed by atoms with Gasteiger partial charge in [0.05, 0.1) is 6.61 Å². The van der Waals surface area contributed by atoms with Crippen LogP contribution in [0.25, 0.3) is 0 Å². The van der Waals surface area contributed by atoms with Crippen molar-refractivity contribution in [1.82, 2.24) is 0 Å². The molecule has 0 bridgehead atoms. The summed E-state index contributed by atoms with van der Waals surface area (Å²) in [6.07, 6.45) is 10.0. The van der Waals surface area contributed by atoms with E-state index in [4.69, 9.17) is 4.74 Å². The van der Waals surface area contributed by atoms with Gasteiger partial charge < -0.3 is 4.74 Å². The molecule has 1 nitrogen and oxygen atoms in total. The van der Waals surface area contributed by atoms with E-state index in [1.54, 1.807) is 0 Å². The molecule has 0 unspecified atom stereocenters. The fourth-order valence-corrected chi connectivity index (χ4v) is 2.01. The molecule has 1 saturated carbocycles. The molecule has 0 spiro atoms.